The number of nitrogens with one attached hydrogen (secondary N) is 1. The van der Waals surface area contributed by atoms with Crippen LogP contribution in [0, 0.1) is 0 Å². The molecular formula is C29H30N2O2. The van der Waals surface area contributed by atoms with E-state index in [0.29, 0.717) is 6.42 Å². The number of para-hydroxylation sites is 1. The lowest BCUT2D eigenvalue weighted by atomic mass is 9.96. The molecule has 0 aliphatic heterocycles. The minimum Gasteiger partial charge on any atom is -0.444 e. The lowest BCUT2D eigenvalue weighted by Crippen LogP contribution is -2.35. The van der Waals surface area contributed by atoms with Crippen molar-refractivity contribution < 1.29 is 9.53 Å². The summed E-state index contributed by atoms with van der Waals surface area (Å²) in [6.45, 7) is 5.61. The molecule has 4 nitrogen and oxygen atoms in total. The van der Waals surface area contributed by atoms with Crippen molar-refractivity contribution in [1.29, 1.82) is 0 Å². The van der Waals surface area contributed by atoms with Gasteiger partial charge < -0.3 is 10.1 Å². The van der Waals surface area contributed by atoms with Crippen LogP contribution in [0.25, 0.3) is 22.0 Å². The molecule has 0 saturated heterocycles. The number of nitrogens with zero attached hydrogens (tertiary/aromatic N) is 1. The van der Waals surface area contributed by atoms with Crippen molar-refractivity contribution >= 4 is 17.0 Å². The van der Waals surface area contributed by atoms with E-state index in [1.165, 1.54) is 5.56 Å². The Kier molecular flexibility index (Phi) is 6.74. The van der Waals surface area contributed by atoms with Crippen LogP contribution in [0.2, 0.25) is 0 Å². The maximum absolute atomic E-state index is 12.7. The van der Waals surface area contributed by atoms with Crippen LogP contribution >= 0.6 is 0 Å². The fourth-order valence-corrected chi connectivity index (χ4v) is 3.93. The van der Waals surface area contributed by atoms with Gasteiger partial charge in [0.05, 0.1) is 17.3 Å². The van der Waals surface area contributed by atoms with Crippen LogP contribution in [0.4, 0.5) is 4.79 Å². The highest BCUT2D eigenvalue weighted by Gasteiger charge is 2.22. The van der Waals surface area contributed by atoms with Gasteiger partial charge in [-0.1, -0.05) is 78.9 Å². The summed E-state index contributed by atoms with van der Waals surface area (Å²) in [7, 11) is 0. The molecule has 168 valence electrons. The van der Waals surface area contributed by atoms with Crippen molar-refractivity contribution in [3.63, 3.8) is 0 Å². The topological polar surface area (TPSA) is 51.2 Å². The van der Waals surface area contributed by atoms with Gasteiger partial charge in [0.1, 0.15) is 5.60 Å². The summed E-state index contributed by atoms with van der Waals surface area (Å²) < 4.78 is 5.57. The van der Waals surface area contributed by atoms with Crippen molar-refractivity contribution in [2.45, 2.75) is 45.3 Å². The highest BCUT2D eigenvalue weighted by molar-refractivity contribution is 5.94. The molecule has 1 heterocycles. The van der Waals surface area contributed by atoms with Crippen LogP contribution in [0.1, 0.15) is 44.5 Å². The standard InChI is InChI=1S/C29H30N2O2/c1-29(2,3)33-28(32)31-26(19-18-21-12-6-4-7-13-21)27-20-24(22-14-8-5-9-15-22)23-16-10-11-17-25(23)30-27/h4-17,20,26H,18-19H2,1-3H3,(H,31,32). The second-order valence-corrected chi connectivity index (χ2v) is 9.20. The van der Waals surface area contributed by atoms with E-state index in [4.69, 9.17) is 9.72 Å². The van der Waals surface area contributed by atoms with Crippen molar-refractivity contribution in [3.8, 4) is 11.1 Å². The maximum Gasteiger partial charge on any atom is 0.408 e. The van der Waals surface area contributed by atoms with Crippen LogP contribution in [0.5, 0.6) is 0 Å². The first-order valence-corrected chi connectivity index (χ1v) is 11.4. The summed E-state index contributed by atoms with van der Waals surface area (Å²) in [5, 5.41) is 4.17. The molecular weight excluding hydrogens is 408 g/mol. The number of amides is 1. The number of rotatable bonds is 6. The summed E-state index contributed by atoms with van der Waals surface area (Å²) in [5.74, 6) is 0. The number of ether oxygens (including phenoxy) is 1. The van der Waals surface area contributed by atoms with E-state index >= 15 is 0 Å². The zero-order valence-corrected chi connectivity index (χ0v) is 19.4. The molecule has 4 aromatic rings. The van der Waals surface area contributed by atoms with Crippen LogP contribution in [-0.4, -0.2) is 16.7 Å². The Balaban J connectivity index is 1.73. The van der Waals surface area contributed by atoms with Gasteiger partial charge >= 0.3 is 6.09 Å². The molecule has 1 atom stereocenters. The van der Waals surface area contributed by atoms with Crippen molar-refractivity contribution in [1.82, 2.24) is 10.3 Å². The van der Waals surface area contributed by atoms with E-state index in [9.17, 15) is 4.79 Å². The zero-order valence-electron chi connectivity index (χ0n) is 19.4. The van der Waals surface area contributed by atoms with Gasteiger partial charge in [-0.25, -0.2) is 4.79 Å². The third-order valence-corrected chi connectivity index (χ3v) is 5.43. The summed E-state index contributed by atoms with van der Waals surface area (Å²) in [6.07, 6.45) is 1.09. The fourth-order valence-electron chi connectivity index (χ4n) is 3.93. The number of hydrogen-bond acceptors (Lipinski definition) is 3. The Labute approximate surface area is 195 Å². The molecule has 0 spiro atoms. The molecule has 0 aliphatic carbocycles. The predicted molar refractivity (Wildman–Crippen MR) is 134 cm³/mol. The maximum atomic E-state index is 12.7. The molecule has 3 aromatic carbocycles. The van der Waals surface area contributed by atoms with Gasteiger partial charge in [0.2, 0.25) is 0 Å². The molecule has 0 saturated carbocycles. The molecule has 0 aliphatic rings. The summed E-state index contributed by atoms with van der Waals surface area (Å²) in [5.41, 5.74) is 4.61. The van der Waals surface area contributed by atoms with Crippen molar-refractivity contribution in [2.75, 3.05) is 0 Å². The Hall–Kier alpha value is -3.66. The number of carbonyl (C=O) groups is 1. The van der Waals surface area contributed by atoms with Gasteiger partial charge in [0, 0.05) is 5.39 Å². The number of aromatic nitrogens is 1. The average molecular weight is 439 g/mol. The second kappa shape index (κ2) is 9.86. The van der Waals surface area contributed by atoms with Gasteiger partial charge in [-0.15, -0.1) is 0 Å². The second-order valence-electron chi connectivity index (χ2n) is 9.20. The third-order valence-electron chi connectivity index (χ3n) is 5.43. The van der Waals surface area contributed by atoms with Crippen molar-refractivity contribution in [2.24, 2.45) is 0 Å². The molecule has 1 N–H and O–H groups in total. The largest absolute Gasteiger partial charge is 0.444 e. The van der Waals surface area contributed by atoms with Gasteiger partial charge in [0.25, 0.3) is 0 Å². The lowest BCUT2D eigenvalue weighted by molar-refractivity contribution is 0.0500. The van der Waals surface area contributed by atoms with E-state index in [2.05, 4.69) is 41.7 Å². The minimum absolute atomic E-state index is 0.285. The van der Waals surface area contributed by atoms with E-state index < -0.39 is 11.7 Å². The smallest absolute Gasteiger partial charge is 0.408 e. The zero-order chi connectivity index (χ0) is 23.3. The van der Waals surface area contributed by atoms with Crippen LogP contribution in [-0.2, 0) is 11.2 Å². The number of fused-ring (bicyclic) bond motifs is 1. The Morgan fingerprint density at radius 1 is 0.909 bits per heavy atom. The number of pyridine rings is 1. The first-order valence-electron chi connectivity index (χ1n) is 11.4. The highest BCUT2D eigenvalue weighted by Crippen LogP contribution is 2.31. The average Bonchev–Trinajstić information content (AvgIpc) is 2.81. The number of carbonyl (C=O) groups excluding carboxylic acids is 1. The number of aryl methyl sites for hydroxylation is 1. The van der Waals surface area contributed by atoms with Gasteiger partial charge in [-0.3, -0.25) is 4.98 Å². The number of benzene rings is 3. The predicted octanol–water partition coefficient (Wildman–Crippen LogP) is 7.10. The molecule has 0 bridgehead atoms. The summed E-state index contributed by atoms with van der Waals surface area (Å²) in [6, 6.07) is 30.5. The molecule has 4 heteroatoms. The fraction of sp³-hybridized carbons (Fsp3) is 0.241. The SMILES string of the molecule is CC(C)(C)OC(=O)NC(CCc1ccccc1)c1cc(-c2ccccc2)c2ccccc2n1. The van der Waals surface area contributed by atoms with Crippen LogP contribution < -0.4 is 5.32 Å². The molecule has 33 heavy (non-hydrogen) atoms. The molecule has 1 unspecified atom stereocenters. The van der Waals surface area contributed by atoms with Crippen LogP contribution in [0.3, 0.4) is 0 Å². The van der Waals surface area contributed by atoms with Gasteiger partial charge in [-0.2, -0.15) is 0 Å². The molecule has 1 aromatic heterocycles. The molecule has 0 fully saturated rings. The van der Waals surface area contributed by atoms with E-state index in [1.54, 1.807) is 0 Å². The first kappa shape index (κ1) is 22.5. The Morgan fingerprint density at radius 2 is 1.55 bits per heavy atom. The highest BCUT2D eigenvalue weighted by atomic mass is 16.6. The molecule has 0 radical (unpaired) electrons. The normalized spacial score (nSPS) is 12.3. The van der Waals surface area contributed by atoms with E-state index in [-0.39, 0.29) is 6.04 Å². The quantitative estimate of drug-likeness (QED) is 0.349. The van der Waals surface area contributed by atoms with E-state index in [1.807, 2.05) is 75.4 Å². The summed E-state index contributed by atoms with van der Waals surface area (Å²) in [4.78, 5) is 17.7. The van der Waals surface area contributed by atoms with Gasteiger partial charge in [-0.05, 0) is 62.4 Å². The number of alkyl carbamates (subject to hydrolysis) is 1. The van der Waals surface area contributed by atoms with Gasteiger partial charge in [0.15, 0.2) is 0 Å². The minimum atomic E-state index is -0.569. The molecule has 4 rings (SSSR count). The summed E-state index contributed by atoms with van der Waals surface area (Å²) >= 11 is 0. The van der Waals surface area contributed by atoms with Crippen molar-refractivity contribution in [3.05, 3.63) is 102 Å². The molecule has 1 amide bonds. The Bertz CT molecular complexity index is 1210. The lowest BCUT2D eigenvalue weighted by Gasteiger charge is -2.24. The first-order chi connectivity index (χ1) is 15.9. The van der Waals surface area contributed by atoms with E-state index in [0.717, 1.165) is 34.1 Å². The monoisotopic (exact) mass is 438 g/mol. The van der Waals surface area contributed by atoms with Crippen LogP contribution in [0.15, 0.2) is 91.0 Å². The Morgan fingerprint density at radius 3 is 2.24 bits per heavy atom. The number of hydrogen-bond donors (Lipinski definition) is 1. The third kappa shape index (κ3) is 5.98.